The fourth-order valence-corrected chi connectivity index (χ4v) is 5.72. The Hall–Kier alpha value is -3.29. The standard InChI is InChI=1S/C29H33NO5S/c1-21(31)30(27(34)35-28(2,3)4)25(26(32)33)20-36-29(22-14-8-5-9-15-22,23-16-10-6-11-17-23)24-18-12-7-13-19-24/h5-19,21,25,31H,20H2,1-4H3,(H,32,33)/t21?,25-/m0/s1. The fraction of sp³-hybridized carbons (Fsp3) is 0.310. The van der Waals surface area contributed by atoms with Gasteiger partial charge in [-0.2, -0.15) is 0 Å². The molecule has 3 rings (SSSR count). The van der Waals surface area contributed by atoms with Crippen LogP contribution in [0.3, 0.4) is 0 Å². The van der Waals surface area contributed by atoms with Crippen molar-refractivity contribution in [3.63, 3.8) is 0 Å². The lowest BCUT2D eigenvalue weighted by molar-refractivity contribution is -0.146. The summed E-state index contributed by atoms with van der Waals surface area (Å²) in [6.45, 7) is 6.45. The maximum Gasteiger partial charge on any atom is 0.413 e. The lowest BCUT2D eigenvalue weighted by atomic mass is 9.84. The molecule has 0 aromatic heterocycles. The van der Waals surface area contributed by atoms with Crippen LogP contribution in [0.25, 0.3) is 0 Å². The zero-order valence-electron chi connectivity index (χ0n) is 21.0. The summed E-state index contributed by atoms with van der Waals surface area (Å²) < 4.78 is 4.66. The van der Waals surface area contributed by atoms with E-state index in [1.54, 1.807) is 20.8 Å². The Morgan fingerprint density at radius 2 is 1.22 bits per heavy atom. The average Bonchev–Trinajstić information content (AvgIpc) is 2.84. The van der Waals surface area contributed by atoms with Gasteiger partial charge in [0.25, 0.3) is 0 Å². The Balaban J connectivity index is 2.12. The Morgan fingerprint density at radius 3 is 1.53 bits per heavy atom. The van der Waals surface area contributed by atoms with E-state index in [4.69, 9.17) is 4.74 Å². The number of amides is 1. The number of aliphatic hydroxyl groups excluding tert-OH is 1. The zero-order chi connectivity index (χ0) is 26.3. The van der Waals surface area contributed by atoms with E-state index in [0.29, 0.717) is 0 Å². The summed E-state index contributed by atoms with van der Waals surface area (Å²) in [5, 5.41) is 20.6. The Labute approximate surface area is 216 Å². The average molecular weight is 508 g/mol. The summed E-state index contributed by atoms with van der Waals surface area (Å²) in [4.78, 5) is 26.3. The highest BCUT2D eigenvalue weighted by Gasteiger charge is 2.41. The minimum absolute atomic E-state index is 0.00183. The molecule has 0 spiro atoms. The van der Waals surface area contributed by atoms with E-state index in [-0.39, 0.29) is 5.75 Å². The molecule has 36 heavy (non-hydrogen) atoms. The minimum Gasteiger partial charge on any atom is -0.480 e. The number of carboxylic acids is 1. The first kappa shape index (κ1) is 27.3. The lowest BCUT2D eigenvalue weighted by Crippen LogP contribution is -2.53. The number of hydrogen-bond acceptors (Lipinski definition) is 5. The molecule has 0 bridgehead atoms. The number of carbonyl (C=O) groups excluding carboxylic acids is 1. The third-order valence-corrected chi connectivity index (χ3v) is 7.25. The molecule has 3 aromatic rings. The van der Waals surface area contributed by atoms with Gasteiger partial charge in [0.15, 0.2) is 0 Å². The molecular formula is C29H33NO5S. The highest BCUT2D eigenvalue weighted by Crippen LogP contribution is 2.48. The van der Waals surface area contributed by atoms with Crippen molar-refractivity contribution in [2.45, 2.75) is 50.3 Å². The van der Waals surface area contributed by atoms with Crippen molar-refractivity contribution >= 4 is 23.8 Å². The minimum atomic E-state index is -1.36. The molecule has 0 radical (unpaired) electrons. The van der Waals surface area contributed by atoms with Crippen LogP contribution in [-0.2, 0) is 14.3 Å². The molecule has 0 saturated heterocycles. The van der Waals surface area contributed by atoms with Crippen LogP contribution in [0.5, 0.6) is 0 Å². The number of aliphatic hydroxyl groups is 1. The Kier molecular flexibility index (Phi) is 8.82. The number of thioether (sulfide) groups is 1. The van der Waals surface area contributed by atoms with E-state index in [1.807, 2.05) is 91.0 Å². The number of carboxylic acid groups (broad SMARTS) is 1. The van der Waals surface area contributed by atoms with Gasteiger partial charge in [0.05, 0.1) is 4.75 Å². The maximum absolute atomic E-state index is 13.0. The van der Waals surface area contributed by atoms with Gasteiger partial charge in [0, 0.05) is 5.75 Å². The van der Waals surface area contributed by atoms with Gasteiger partial charge in [-0.15, -0.1) is 11.8 Å². The third kappa shape index (κ3) is 6.28. The molecule has 1 amide bonds. The van der Waals surface area contributed by atoms with E-state index in [2.05, 4.69) is 0 Å². The van der Waals surface area contributed by atoms with Gasteiger partial charge in [-0.1, -0.05) is 91.0 Å². The molecule has 0 saturated carbocycles. The van der Waals surface area contributed by atoms with Crippen molar-refractivity contribution in [3.05, 3.63) is 108 Å². The predicted octanol–water partition coefficient (Wildman–Crippen LogP) is 5.74. The monoisotopic (exact) mass is 507 g/mol. The van der Waals surface area contributed by atoms with E-state index in [1.165, 1.54) is 18.7 Å². The molecule has 0 fully saturated rings. The van der Waals surface area contributed by atoms with Crippen molar-refractivity contribution in [1.29, 1.82) is 0 Å². The van der Waals surface area contributed by atoms with E-state index in [9.17, 15) is 19.8 Å². The number of nitrogens with zero attached hydrogens (tertiary/aromatic N) is 1. The van der Waals surface area contributed by atoms with Crippen molar-refractivity contribution in [2.75, 3.05) is 5.75 Å². The van der Waals surface area contributed by atoms with Crippen molar-refractivity contribution in [1.82, 2.24) is 4.90 Å². The van der Waals surface area contributed by atoms with Crippen LogP contribution in [0, 0.1) is 0 Å². The molecule has 0 aliphatic heterocycles. The molecule has 190 valence electrons. The Bertz CT molecular complexity index is 1030. The van der Waals surface area contributed by atoms with Crippen LogP contribution >= 0.6 is 11.8 Å². The summed E-state index contributed by atoms with van der Waals surface area (Å²) in [6, 6.07) is 28.3. The van der Waals surface area contributed by atoms with Gasteiger partial charge in [-0.3, -0.25) is 4.90 Å². The predicted molar refractivity (Wildman–Crippen MR) is 143 cm³/mol. The molecule has 2 N–H and O–H groups in total. The van der Waals surface area contributed by atoms with Gasteiger partial charge in [0.2, 0.25) is 0 Å². The maximum atomic E-state index is 13.0. The number of hydrogen-bond donors (Lipinski definition) is 2. The number of aliphatic carboxylic acids is 1. The second-order valence-electron chi connectivity index (χ2n) is 9.46. The van der Waals surface area contributed by atoms with Crippen LogP contribution in [0.15, 0.2) is 91.0 Å². The zero-order valence-corrected chi connectivity index (χ0v) is 21.8. The van der Waals surface area contributed by atoms with Crippen molar-refractivity contribution in [3.8, 4) is 0 Å². The smallest absolute Gasteiger partial charge is 0.413 e. The molecule has 0 aliphatic rings. The highest BCUT2D eigenvalue weighted by atomic mass is 32.2. The third-order valence-electron chi connectivity index (χ3n) is 5.63. The highest BCUT2D eigenvalue weighted by molar-refractivity contribution is 8.00. The van der Waals surface area contributed by atoms with E-state index < -0.39 is 34.7 Å². The fourth-order valence-electron chi connectivity index (χ4n) is 4.10. The summed E-state index contributed by atoms with van der Waals surface area (Å²) in [6.07, 6.45) is -2.24. The van der Waals surface area contributed by atoms with E-state index >= 15 is 0 Å². The van der Waals surface area contributed by atoms with Gasteiger partial charge in [-0.05, 0) is 44.4 Å². The molecule has 1 unspecified atom stereocenters. The van der Waals surface area contributed by atoms with Crippen LogP contribution < -0.4 is 0 Å². The molecule has 7 heteroatoms. The van der Waals surface area contributed by atoms with Crippen molar-refractivity contribution in [2.24, 2.45) is 0 Å². The van der Waals surface area contributed by atoms with Gasteiger partial charge < -0.3 is 14.9 Å². The van der Waals surface area contributed by atoms with Crippen LogP contribution in [0.1, 0.15) is 44.4 Å². The quantitative estimate of drug-likeness (QED) is 0.284. The number of benzene rings is 3. The number of carbonyl (C=O) groups is 2. The second-order valence-corrected chi connectivity index (χ2v) is 10.7. The van der Waals surface area contributed by atoms with Crippen LogP contribution in [0.2, 0.25) is 0 Å². The first-order valence-corrected chi connectivity index (χ1v) is 12.8. The molecular weight excluding hydrogens is 474 g/mol. The number of ether oxygens (including phenoxy) is 1. The first-order chi connectivity index (χ1) is 17.1. The SMILES string of the molecule is CC(O)N(C(=O)OC(C)(C)C)[C@@H](CSC(c1ccccc1)(c1ccccc1)c1ccccc1)C(=O)O. The Morgan fingerprint density at radius 1 is 0.833 bits per heavy atom. The lowest BCUT2D eigenvalue weighted by Gasteiger charge is -2.38. The second kappa shape index (κ2) is 11.6. The summed E-state index contributed by atoms with van der Waals surface area (Å²) in [7, 11) is 0. The summed E-state index contributed by atoms with van der Waals surface area (Å²) in [5.74, 6) is -1.23. The molecule has 6 nitrogen and oxygen atoms in total. The molecule has 3 aromatic carbocycles. The largest absolute Gasteiger partial charge is 0.480 e. The normalized spacial score (nSPS) is 13.5. The van der Waals surface area contributed by atoms with Gasteiger partial charge in [-0.25, -0.2) is 9.59 Å². The molecule has 2 atom stereocenters. The number of rotatable bonds is 9. The summed E-state index contributed by atoms with van der Waals surface area (Å²) in [5.41, 5.74) is 2.06. The van der Waals surface area contributed by atoms with Crippen molar-refractivity contribution < 1.29 is 24.5 Å². The topological polar surface area (TPSA) is 87.1 Å². The molecule has 0 aliphatic carbocycles. The molecule has 0 heterocycles. The van der Waals surface area contributed by atoms with Gasteiger partial charge in [0.1, 0.15) is 17.9 Å². The first-order valence-electron chi connectivity index (χ1n) is 11.8. The van der Waals surface area contributed by atoms with E-state index in [0.717, 1.165) is 21.6 Å². The van der Waals surface area contributed by atoms with Gasteiger partial charge >= 0.3 is 12.1 Å². The summed E-state index contributed by atoms with van der Waals surface area (Å²) >= 11 is 1.40. The van der Waals surface area contributed by atoms with Crippen LogP contribution in [0.4, 0.5) is 4.79 Å². The van der Waals surface area contributed by atoms with Crippen LogP contribution in [-0.4, -0.2) is 50.8 Å².